The maximum absolute atomic E-state index is 12.7. The zero-order valence-electron chi connectivity index (χ0n) is 17.6. The van der Waals surface area contributed by atoms with Crippen LogP contribution in [0.5, 0.6) is 11.5 Å². The van der Waals surface area contributed by atoms with Crippen LogP contribution in [0.4, 0.5) is 4.79 Å². The molecule has 0 spiro atoms. The van der Waals surface area contributed by atoms with Gasteiger partial charge in [-0.15, -0.1) is 0 Å². The Morgan fingerprint density at radius 1 is 1.03 bits per heavy atom. The molecule has 0 unspecified atom stereocenters. The molecular weight excluding hydrogens is 414 g/mol. The molecule has 2 aromatic carbocycles. The van der Waals surface area contributed by atoms with Gasteiger partial charge in [0.1, 0.15) is 0 Å². The van der Waals surface area contributed by atoms with Gasteiger partial charge in [-0.25, -0.2) is 0 Å². The van der Waals surface area contributed by atoms with E-state index >= 15 is 0 Å². The summed E-state index contributed by atoms with van der Waals surface area (Å²) in [5.74, 6) is 0.483. The number of unbranched alkanes of at least 4 members (excludes halogenated alkanes) is 1. The summed E-state index contributed by atoms with van der Waals surface area (Å²) in [6.45, 7) is 4.78. The second kappa shape index (κ2) is 10.8. The summed E-state index contributed by atoms with van der Waals surface area (Å²) in [7, 11) is 0. The van der Waals surface area contributed by atoms with Crippen molar-refractivity contribution in [3.05, 3.63) is 64.6 Å². The van der Waals surface area contributed by atoms with Gasteiger partial charge in [-0.2, -0.15) is 0 Å². The lowest BCUT2D eigenvalue weighted by molar-refractivity contribution is -0.122. The number of thioether (sulfide) groups is 1. The lowest BCUT2D eigenvalue weighted by Gasteiger charge is -2.12. The quantitative estimate of drug-likeness (QED) is 0.288. The van der Waals surface area contributed by atoms with Crippen molar-refractivity contribution in [3.8, 4) is 11.5 Å². The minimum Gasteiger partial charge on any atom is -0.490 e. The molecule has 1 aliphatic heterocycles. The molecule has 7 heteroatoms. The van der Waals surface area contributed by atoms with E-state index in [2.05, 4.69) is 6.92 Å². The van der Waals surface area contributed by atoms with Gasteiger partial charge < -0.3 is 9.47 Å². The first kappa shape index (κ1) is 22.6. The van der Waals surface area contributed by atoms with Crippen LogP contribution in [0, 0.1) is 0 Å². The van der Waals surface area contributed by atoms with Crippen LogP contribution in [0.15, 0.2) is 53.4 Å². The smallest absolute Gasteiger partial charge is 0.293 e. The van der Waals surface area contributed by atoms with Gasteiger partial charge in [-0.1, -0.05) is 49.7 Å². The van der Waals surface area contributed by atoms with Crippen LogP contribution < -0.4 is 9.47 Å². The highest BCUT2D eigenvalue weighted by atomic mass is 32.2. The van der Waals surface area contributed by atoms with Crippen LogP contribution >= 0.6 is 11.8 Å². The first-order valence-electron chi connectivity index (χ1n) is 10.3. The second-order valence-electron chi connectivity index (χ2n) is 6.90. The standard InChI is InChI=1S/C24H25NO5S/c1-3-5-13-30-20-12-11-17(14-21(20)29-4-2)15-22-23(27)25(24(28)31-22)16-19(26)18-9-7-6-8-10-18/h6-12,14-15H,3-5,13,16H2,1-2H3/b22-15-. The van der Waals surface area contributed by atoms with E-state index < -0.39 is 11.1 Å². The number of Topliss-reactive ketones (excluding diaryl/α,β-unsaturated/α-hetero) is 1. The van der Waals surface area contributed by atoms with Gasteiger partial charge in [-0.3, -0.25) is 19.3 Å². The molecule has 1 saturated heterocycles. The number of carbonyl (C=O) groups is 3. The number of hydrogen-bond donors (Lipinski definition) is 0. The summed E-state index contributed by atoms with van der Waals surface area (Å²) in [4.78, 5) is 38.8. The van der Waals surface area contributed by atoms with Gasteiger partial charge >= 0.3 is 0 Å². The normalized spacial score (nSPS) is 14.9. The predicted molar refractivity (Wildman–Crippen MR) is 121 cm³/mol. The van der Waals surface area contributed by atoms with Gasteiger partial charge in [0, 0.05) is 5.56 Å². The van der Waals surface area contributed by atoms with Crippen molar-refractivity contribution in [2.45, 2.75) is 26.7 Å². The third-order valence-electron chi connectivity index (χ3n) is 4.59. The third kappa shape index (κ3) is 5.76. The summed E-state index contributed by atoms with van der Waals surface area (Å²) in [6, 6.07) is 14.0. The number of nitrogens with zero attached hydrogens (tertiary/aromatic N) is 1. The number of carbonyl (C=O) groups excluding carboxylic acids is 3. The Bertz CT molecular complexity index is 987. The van der Waals surface area contributed by atoms with Gasteiger partial charge in [0.25, 0.3) is 11.1 Å². The monoisotopic (exact) mass is 439 g/mol. The third-order valence-corrected chi connectivity index (χ3v) is 5.50. The molecule has 0 aliphatic carbocycles. The topological polar surface area (TPSA) is 72.9 Å². The molecule has 2 aromatic rings. The van der Waals surface area contributed by atoms with Gasteiger partial charge in [0.15, 0.2) is 17.3 Å². The Hall–Kier alpha value is -3.06. The molecule has 1 aliphatic rings. The molecular formula is C24H25NO5S. The zero-order valence-corrected chi connectivity index (χ0v) is 18.4. The summed E-state index contributed by atoms with van der Waals surface area (Å²) < 4.78 is 11.5. The highest BCUT2D eigenvalue weighted by molar-refractivity contribution is 8.18. The maximum atomic E-state index is 12.7. The predicted octanol–water partition coefficient (Wildman–Crippen LogP) is 5.18. The Morgan fingerprint density at radius 2 is 1.81 bits per heavy atom. The molecule has 0 saturated carbocycles. The molecule has 1 heterocycles. The minimum atomic E-state index is -0.472. The van der Waals surface area contributed by atoms with Crippen LogP contribution in [-0.4, -0.2) is 41.6 Å². The van der Waals surface area contributed by atoms with Crippen molar-refractivity contribution < 1.29 is 23.9 Å². The number of amides is 2. The molecule has 0 bridgehead atoms. The van der Waals surface area contributed by atoms with E-state index in [9.17, 15) is 14.4 Å². The molecule has 162 valence electrons. The summed E-state index contributed by atoms with van der Waals surface area (Å²) in [5, 5.41) is -0.454. The fourth-order valence-electron chi connectivity index (χ4n) is 2.98. The van der Waals surface area contributed by atoms with Gasteiger partial charge in [-0.05, 0) is 48.9 Å². The molecule has 1 fully saturated rings. The van der Waals surface area contributed by atoms with E-state index in [0.29, 0.717) is 35.8 Å². The van der Waals surface area contributed by atoms with Crippen molar-refractivity contribution in [3.63, 3.8) is 0 Å². The first-order valence-corrected chi connectivity index (χ1v) is 11.1. The maximum Gasteiger partial charge on any atom is 0.293 e. The van der Waals surface area contributed by atoms with Crippen molar-refractivity contribution in [1.29, 1.82) is 0 Å². The van der Waals surface area contributed by atoms with Gasteiger partial charge in [0.2, 0.25) is 0 Å². The molecule has 3 rings (SSSR count). The molecule has 0 aromatic heterocycles. The Morgan fingerprint density at radius 3 is 2.52 bits per heavy atom. The Kier molecular flexibility index (Phi) is 7.89. The van der Waals surface area contributed by atoms with Gasteiger partial charge in [0.05, 0.1) is 24.7 Å². The molecule has 2 amide bonds. The van der Waals surface area contributed by atoms with Crippen LogP contribution in [0.2, 0.25) is 0 Å². The van der Waals surface area contributed by atoms with Crippen molar-refractivity contribution in [2.24, 2.45) is 0 Å². The number of rotatable bonds is 10. The zero-order chi connectivity index (χ0) is 22.2. The molecule has 0 radical (unpaired) electrons. The summed E-state index contributed by atoms with van der Waals surface area (Å²) in [5.41, 5.74) is 1.18. The number of benzene rings is 2. The second-order valence-corrected chi connectivity index (χ2v) is 7.89. The van der Waals surface area contributed by atoms with E-state index in [1.807, 2.05) is 13.0 Å². The minimum absolute atomic E-state index is 0.271. The van der Waals surface area contributed by atoms with Crippen LogP contribution in [-0.2, 0) is 4.79 Å². The lowest BCUT2D eigenvalue weighted by atomic mass is 10.1. The average Bonchev–Trinajstić information content (AvgIpc) is 3.03. The molecule has 6 nitrogen and oxygen atoms in total. The fourth-order valence-corrected chi connectivity index (χ4v) is 3.81. The van der Waals surface area contributed by atoms with E-state index in [1.54, 1.807) is 48.5 Å². The SMILES string of the molecule is CCCCOc1ccc(/C=C2\SC(=O)N(CC(=O)c3ccccc3)C2=O)cc1OCC. The van der Waals surface area contributed by atoms with E-state index in [1.165, 1.54) is 0 Å². The summed E-state index contributed by atoms with van der Waals surface area (Å²) >= 11 is 0.828. The van der Waals surface area contributed by atoms with Crippen LogP contribution in [0.25, 0.3) is 6.08 Å². The first-order chi connectivity index (χ1) is 15.0. The number of hydrogen-bond acceptors (Lipinski definition) is 6. The highest BCUT2D eigenvalue weighted by Gasteiger charge is 2.36. The van der Waals surface area contributed by atoms with E-state index in [0.717, 1.165) is 29.5 Å². The van der Waals surface area contributed by atoms with Crippen molar-refractivity contribution >= 4 is 34.8 Å². The van der Waals surface area contributed by atoms with Crippen molar-refractivity contribution in [1.82, 2.24) is 4.90 Å². The largest absolute Gasteiger partial charge is 0.490 e. The molecule has 0 atom stereocenters. The number of ether oxygens (including phenoxy) is 2. The lowest BCUT2D eigenvalue weighted by Crippen LogP contribution is -2.33. The Balaban J connectivity index is 1.75. The Labute approximate surface area is 186 Å². The average molecular weight is 440 g/mol. The fraction of sp³-hybridized carbons (Fsp3) is 0.292. The van der Waals surface area contributed by atoms with E-state index in [4.69, 9.17) is 9.47 Å². The highest BCUT2D eigenvalue weighted by Crippen LogP contribution is 2.34. The van der Waals surface area contributed by atoms with Crippen molar-refractivity contribution in [2.75, 3.05) is 19.8 Å². The van der Waals surface area contributed by atoms with Crippen LogP contribution in [0.3, 0.4) is 0 Å². The van der Waals surface area contributed by atoms with E-state index in [-0.39, 0.29) is 17.2 Å². The molecule has 0 N–H and O–H groups in total. The molecule has 31 heavy (non-hydrogen) atoms. The summed E-state index contributed by atoms with van der Waals surface area (Å²) in [6.07, 6.45) is 3.61. The van der Waals surface area contributed by atoms with Crippen LogP contribution in [0.1, 0.15) is 42.6 Å². The number of ketones is 1. The number of imide groups is 1.